The summed E-state index contributed by atoms with van der Waals surface area (Å²) < 4.78 is 2.07. The second kappa shape index (κ2) is 5.60. The van der Waals surface area contributed by atoms with Crippen LogP contribution in [0.4, 0.5) is 0 Å². The highest BCUT2D eigenvalue weighted by Gasteiger charge is 2.09. The summed E-state index contributed by atoms with van der Waals surface area (Å²) in [6.45, 7) is 11.8. The summed E-state index contributed by atoms with van der Waals surface area (Å²) in [6, 6.07) is 11.1. The molecule has 19 heavy (non-hydrogen) atoms. The number of hydrogen-bond donors (Lipinski definition) is 0. The van der Waals surface area contributed by atoms with Gasteiger partial charge in [-0.1, -0.05) is 45.0 Å². The van der Waals surface area contributed by atoms with E-state index in [1.807, 2.05) is 6.92 Å². The third-order valence-electron chi connectivity index (χ3n) is 3.94. The molecule has 0 saturated heterocycles. The normalized spacial score (nSPS) is 12.9. The highest BCUT2D eigenvalue weighted by Crippen LogP contribution is 2.23. The topological polar surface area (TPSA) is 17.8 Å². The lowest BCUT2D eigenvalue weighted by Crippen LogP contribution is -2.05. The van der Waals surface area contributed by atoms with E-state index in [0.29, 0.717) is 11.8 Å². The molecule has 0 fully saturated rings. The van der Waals surface area contributed by atoms with Crippen molar-refractivity contribution >= 4 is 0 Å². The van der Waals surface area contributed by atoms with Gasteiger partial charge in [0.1, 0.15) is 0 Å². The summed E-state index contributed by atoms with van der Waals surface area (Å²) >= 11 is 0. The molecular weight excluding hydrogens is 232 g/mol. The van der Waals surface area contributed by atoms with Crippen molar-refractivity contribution in [2.75, 3.05) is 0 Å². The minimum absolute atomic E-state index is 0.614. The molecule has 2 aromatic rings. The Morgan fingerprint density at radius 3 is 2.16 bits per heavy atom. The van der Waals surface area contributed by atoms with Crippen LogP contribution in [0, 0.1) is 19.8 Å². The van der Waals surface area contributed by atoms with Gasteiger partial charge >= 0.3 is 0 Å². The highest BCUT2D eigenvalue weighted by molar-refractivity contribution is 5.26. The van der Waals surface area contributed by atoms with Crippen molar-refractivity contribution in [3.63, 3.8) is 0 Å². The average molecular weight is 256 g/mol. The van der Waals surface area contributed by atoms with Gasteiger partial charge in [-0.3, -0.25) is 4.68 Å². The molecule has 0 aliphatic carbocycles. The molecule has 0 bridgehead atoms. The molecule has 2 rings (SSSR count). The lowest BCUT2D eigenvalue weighted by Gasteiger charge is -2.16. The fraction of sp³-hybridized carbons (Fsp3) is 0.471. The first kappa shape index (κ1) is 13.9. The van der Waals surface area contributed by atoms with Gasteiger partial charge in [0.2, 0.25) is 0 Å². The smallest absolute Gasteiger partial charge is 0.0662 e. The maximum Gasteiger partial charge on any atom is 0.0662 e. The van der Waals surface area contributed by atoms with Crippen LogP contribution in [0.5, 0.6) is 0 Å². The fourth-order valence-corrected chi connectivity index (χ4v) is 2.32. The maximum atomic E-state index is 4.51. The number of aryl methyl sites for hydroxylation is 2. The first-order chi connectivity index (χ1) is 8.97. The van der Waals surface area contributed by atoms with Crippen LogP contribution in [0.25, 0.3) is 0 Å². The van der Waals surface area contributed by atoms with Crippen LogP contribution in [0.2, 0.25) is 0 Å². The molecule has 102 valence electrons. The van der Waals surface area contributed by atoms with Crippen molar-refractivity contribution in [3.8, 4) is 0 Å². The van der Waals surface area contributed by atoms with Gasteiger partial charge in [0, 0.05) is 5.69 Å². The van der Waals surface area contributed by atoms with Gasteiger partial charge in [-0.15, -0.1) is 0 Å². The number of rotatable bonds is 4. The SMILES string of the molecule is Cc1cc(C)n(Cc2ccc(C(C)C(C)C)cc2)n1. The molecule has 2 nitrogen and oxygen atoms in total. The van der Waals surface area contributed by atoms with Crippen LogP contribution in [0.1, 0.15) is 49.2 Å². The Balaban J connectivity index is 2.13. The molecule has 0 amide bonds. The summed E-state index contributed by atoms with van der Waals surface area (Å²) in [4.78, 5) is 0. The summed E-state index contributed by atoms with van der Waals surface area (Å²) in [5.74, 6) is 1.30. The van der Waals surface area contributed by atoms with Crippen molar-refractivity contribution in [2.45, 2.75) is 47.1 Å². The predicted octanol–water partition coefficient (Wildman–Crippen LogP) is 4.31. The third-order valence-corrected chi connectivity index (χ3v) is 3.94. The molecular formula is C17H24N2. The lowest BCUT2D eigenvalue weighted by atomic mass is 9.90. The Hall–Kier alpha value is -1.57. The van der Waals surface area contributed by atoms with Gasteiger partial charge in [0.25, 0.3) is 0 Å². The monoisotopic (exact) mass is 256 g/mol. The van der Waals surface area contributed by atoms with Crippen molar-refractivity contribution in [1.29, 1.82) is 0 Å². The zero-order chi connectivity index (χ0) is 14.0. The molecule has 2 heteroatoms. The van der Waals surface area contributed by atoms with Crippen molar-refractivity contribution in [1.82, 2.24) is 9.78 Å². The van der Waals surface area contributed by atoms with Crippen molar-refractivity contribution in [2.24, 2.45) is 5.92 Å². The standard InChI is InChI=1S/C17H24N2/c1-12(2)15(5)17-8-6-16(7-9-17)11-19-14(4)10-13(3)18-19/h6-10,12,15H,11H2,1-5H3. The number of aromatic nitrogens is 2. The van der Waals surface area contributed by atoms with Crippen LogP contribution in [0.15, 0.2) is 30.3 Å². The van der Waals surface area contributed by atoms with E-state index in [0.717, 1.165) is 12.2 Å². The average Bonchev–Trinajstić information content (AvgIpc) is 2.68. The second-order valence-corrected chi connectivity index (χ2v) is 5.86. The minimum Gasteiger partial charge on any atom is -0.265 e. The predicted molar refractivity (Wildman–Crippen MR) is 80.5 cm³/mol. The molecule has 0 saturated carbocycles. The quantitative estimate of drug-likeness (QED) is 0.797. The molecule has 0 radical (unpaired) electrons. The van der Waals surface area contributed by atoms with E-state index in [-0.39, 0.29) is 0 Å². The van der Waals surface area contributed by atoms with Crippen molar-refractivity contribution in [3.05, 3.63) is 52.8 Å². The zero-order valence-corrected chi connectivity index (χ0v) is 12.6. The minimum atomic E-state index is 0.614. The van der Waals surface area contributed by atoms with Crippen LogP contribution in [-0.2, 0) is 6.54 Å². The first-order valence-electron chi connectivity index (χ1n) is 7.07. The molecule has 1 heterocycles. The van der Waals surface area contributed by atoms with E-state index in [4.69, 9.17) is 0 Å². The van der Waals surface area contributed by atoms with Crippen LogP contribution in [-0.4, -0.2) is 9.78 Å². The van der Waals surface area contributed by atoms with Gasteiger partial charge < -0.3 is 0 Å². The Morgan fingerprint density at radius 1 is 1.05 bits per heavy atom. The van der Waals surface area contributed by atoms with E-state index < -0.39 is 0 Å². The number of benzene rings is 1. The maximum absolute atomic E-state index is 4.51. The van der Waals surface area contributed by atoms with Gasteiger partial charge in [0.15, 0.2) is 0 Å². The summed E-state index contributed by atoms with van der Waals surface area (Å²) in [5, 5.41) is 4.51. The Bertz CT molecular complexity index is 535. The van der Waals surface area contributed by atoms with E-state index in [1.54, 1.807) is 0 Å². The van der Waals surface area contributed by atoms with Crippen molar-refractivity contribution < 1.29 is 0 Å². The third kappa shape index (κ3) is 3.25. The number of hydrogen-bond acceptors (Lipinski definition) is 1. The van der Waals surface area contributed by atoms with E-state index in [1.165, 1.54) is 16.8 Å². The Morgan fingerprint density at radius 2 is 1.68 bits per heavy atom. The summed E-state index contributed by atoms with van der Waals surface area (Å²) in [7, 11) is 0. The highest BCUT2D eigenvalue weighted by atomic mass is 15.3. The van der Waals surface area contributed by atoms with Gasteiger partial charge in [-0.05, 0) is 42.9 Å². The van der Waals surface area contributed by atoms with E-state index >= 15 is 0 Å². The second-order valence-electron chi connectivity index (χ2n) is 5.86. The van der Waals surface area contributed by atoms with Crippen LogP contribution in [0.3, 0.4) is 0 Å². The first-order valence-corrected chi connectivity index (χ1v) is 7.07. The number of nitrogens with zero attached hydrogens (tertiary/aromatic N) is 2. The van der Waals surface area contributed by atoms with Crippen LogP contribution >= 0.6 is 0 Å². The van der Waals surface area contributed by atoms with E-state index in [9.17, 15) is 0 Å². The molecule has 1 aromatic carbocycles. The molecule has 0 aliphatic rings. The van der Waals surface area contributed by atoms with Gasteiger partial charge in [-0.2, -0.15) is 5.10 Å². The Labute approximate surface area is 116 Å². The molecule has 1 unspecified atom stereocenters. The van der Waals surface area contributed by atoms with Crippen LogP contribution < -0.4 is 0 Å². The molecule has 0 spiro atoms. The Kier molecular flexibility index (Phi) is 4.08. The van der Waals surface area contributed by atoms with Gasteiger partial charge in [-0.25, -0.2) is 0 Å². The lowest BCUT2D eigenvalue weighted by molar-refractivity contribution is 0.535. The molecule has 0 aliphatic heterocycles. The summed E-state index contributed by atoms with van der Waals surface area (Å²) in [5.41, 5.74) is 5.04. The molecule has 1 aromatic heterocycles. The van der Waals surface area contributed by atoms with Gasteiger partial charge in [0.05, 0.1) is 12.2 Å². The molecule has 1 atom stereocenters. The molecule has 0 N–H and O–H groups in total. The zero-order valence-electron chi connectivity index (χ0n) is 12.6. The fourth-order valence-electron chi connectivity index (χ4n) is 2.32. The largest absolute Gasteiger partial charge is 0.265 e. The summed E-state index contributed by atoms with van der Waals surface area (Å²) in [6.07, 6.45) is 0. The van der Waals surface area contributed by atoms with E-state index in [2.05, 4.69) is 67.8 Å².